The molecule has 2 rings (SSSR count). The molecule has 0 radical (unpaired) electrons. The largest absolute Gasteiger partial charge is 0.416 e. The van der Waals surface area contributed by atoms with Gasteiger partial charge in [0, 0.05) is 30.3 Å². The zero-order chi connectivity index (χ0) is 15.8. The maximum atomic E-state index is 6.34. The lowest BCUT2D eigenvalue weighted by Crippen LogP contribution is -2.41. The summed E-state index contributed by atoms with van der Waals surface area (Å²) in [5.41, 5.74) is 4.11. The van der Waals surface area contributed by atoms with Gasteiger partial charge in [-0.05, 0) is 43.1 Å². The molecule has 0 N–H and O–H groups in total. The summed E-state index contributed by atoms with van der Waals surface area (Å²) in [5.74, 6) is 0. The van der Waals surface area contributed by atoms with Gasteiger partial charge in [-0.2, -0.15) is 0 Å². The predicted octanol–water partition coefficient (Wildman–Crippen LogP) is 5.05. The first kappa shape index (κ1) is 16.3. The van der Waals surface area contributed by atoms with Crippen molar-refractivity contribution in [3.63, 3.8) is 0 Å². The van der Waals surface area contributed by atoms with Crippen LogP contribution < -0.4 is 0 Å². The van der Waals surface area contributed by atoms with Crippen molar-refractivity contribution in [2.75, 3.05) is 6.61 Å². The normalized spacial score (nSPS) is 13.1. The Morgan fingerprint density at radius 3 is 2.38 bits per heavy atom. The minimum Gasteiger partial charge on any atom is -0.416 e. The Balaban J connectivity index is 2.17. The Kier molecular flexibility index (Phi) is 4.36. The number of aryl methyl sites for hydroxylation is 1. The van der Waals surface area contributed by atoms with Gasteiger partial charge in [-0.25, -0.2) is 0 Å². The molecule has 3 heteroatoms. The molecule has 0 spiro atoms. The zero-order valence-electron chi connectivity index (χ0n) is 14.6. The van der Waals surface area contributed by atoms with Crippen molar-refractivity contribution in [3.05, 3.63) is 35.5 Å². The monoisotopic (exact) mass is 303 g/mol. The molecule has 116 valence electrons. The van der Waals surface area contributed by atoms with Gasteiger partial charge in [0.2, 0.25) is 0 Å². The number of hydrogen-bond donors (Lipinski definition) is 0. The third-order valence-electron chi connectivity index (χ3n) is 5.15. The number of rotatable bonds is 4. The standard InChI is InChI=1S/C18H29NOSi/c1-14-15(12-13-20-21(6,7)18(2,3)4)16-10-8-9-11-17(16)19(14)5/h8-11H,12-13H2,1-7H3. The molecule has 0 atom stereocenters. The number of benzene rings is 1. The van der Waals surface area contributed by atoms with Gasteiger partial charge in [-0.15, -0.1) is 0 Å². The second kappa shape index (κ2) is 5.62. The van der Waals surface area contributed by atoms with Gasteiger partial charge >= 0.3 is 0 Å². The van der Waals surface area contributed by atoms with Crippen LogP contribution >= 0.6 is 0 Å². The van der Waals surface area contributed by atoms with Crippen molar-refractivity contribution in [1.82, 2.24) is 4.57 Å². The molecule has 0 fully saturated rings. The van der Waals surface area contributed by atoms with Gasteiger partial charge in [0.15, 0.2) is 8.32 Å². The lowest BCUT2D eigenvalue weighted by Gasteiger charge is -2.36. The van der Waals surface area contributed by atoms with Crippen molar-refractivity contribution in [1.29, 1.82) is 0 Å². The van der Waals surface area contributed by atoms with Gasteiger partial charge < -0.3 is 8.99 Å². The number of nitrogens with zero attached hydrogens (tertiary/aromatic N) is 1. The maximum Gasteiger partial charge on any atom is 0.191 e. The van der Waals surface area contributed by atoms with Crippen LogP contribution in [0.4, 0.5) is 0 Å². The SMILES string of the molecule is Cc1c(CCO[Si](C)(C)C(C)(C)C)c2ccccc2n1C. The highest BCUT2D eigenvalue weighted by atomic mass is 28.4. The first-order valence-corrected chi connectivity index (χ1v) is 10.7. The average molecular weight is 304 g/mol. The van der Waals surface area contributed by atoms with E-state index in [0.717, 1.165) is 13.0 Å². The molecule has 0 aliphatic carbocycles. The summed E-state index contributed by atoms with van der Waals surface area (Å²) in [7, 11) is 0.505. The molecule has 1 aromatic carbocycles. The highest BCUT2D eigenvalue weighted by molar-refractivity contribution is 6.74. The molecule has 0 aliphatic rings. The van der Waals surface area contributed by atoms with Crippen LogP contribution in [0.15, 0.2) is 24.3 Å². The van der Waals surface area contributed by atoms with Crippen molar-refractivity contribution in [3.8, 4) is 0 Å². The van der Waals surface area contributed by atoms with Crippen LogP contribution in [0.1, 0.15) is 32.0 Å². The van der Waals surface area contributed by atoms with Crippen LogP contribution in [-0.2, 0) is 17.9 Å². The maximum absolute atomic E-state index is 6.34. The number of aromatic nitrogens is 1. The van der Waals surface area contributed by atoms with E-state index in [1.54, 1.807) is 0 Å². The molecule has 1 aromatic heterocycles. The smallest absolute Gasteiger partial charge is 0.191 e. The van der Waals surface area contributed by atoms with Gasteiger partial charge in [-0.1, -0.05) is 39.0 Å². The Labute approximate surface area is 130 Å². The lowest BCUT2D eigenvalue weighted by atomic mass is 10.1. The van der Waals surface area contributed by atoms with Crippen LogP contribution in [0.5, 0.6) is 0 Å². The van der Waals surface area contributed by atoms with E-state index in [2.05, 4.69) is 76.7 Å². The molecule has 0 saturated heterocycles. The van der Waals surface area contributed by atoms with Crippen LogP contribution in [0.2, 0.25) is 18.1 Å². The molecular weight excluding hydrogens is 274 g/mol. The number of hydrogen-bond acceptors (Lipinski definition) is 1. The first-order chi connectivity index (χ1) is 9.65. The summed E-state index contributed by atoms with van der Waals surface area (Å²) in [6.45, 7) is 14.6. The van der Waals surface area contributed by atoms with E-state index in [4.69, 9.17) is 4.43 Å². The second-order valence-corrected chi connectivity index (χ2v) is 12.3. The average Bonchev–Trinajstić information content (AvgIpc) is 2.63. The van der Waals surface area contributed by atoms with E-state index in [9.17, 15) is 0 Å². The van der Waals surface area contributed by atoms with Crippen molar-refractivity contribution < 1.29 is 4.43 Å². The summed E-state index contributed by atoms with van der Waals surface area (Å²) in [5, 5.41) is 1.65. The highest BCUT2D eigenvalue weighted by Crippen LogP contribution is 2.36. The lowest BCUT2D eigenvalue weighted by molar-refractivity contribution is 0.292. The van der Waals surface area contributed by atoms with Gasteiger partial charge in [0.05, 0.1) is 0 Å². The van der Waals surface area contributed by atoms with Crippen LogP contribution in [0.3, 0.4) is 0 Å². The Bertz CT molecular complexity index is 634. The predicted molar refractivity (Wildman–Crippen MR) is 94.5 cm³/mol. The Morgan fingerprint density at radius 1 is 1.14 bits per heavy atom. The van der Waals surface area contributed by atoms with E-state index in [0.29, 0.717) is 0 Å². The van der Waals surface area contributed by atoms with E-state index in [-0.39, 0.29) is 5.04 Å². The molecule has 0 unspecified atom stereocenters. The first-order valence-electron chi connectivity index (χ1n) is 7.82. The molecule has 21 heavy (non-hydrogen) atoms. The Hall–Kier alpha value is -1.06. The van der Waals surface area contributed by atoms with Crippen molar-refractivity contribution in [2.45, 2.75) is 52.2 Å². The van der Waals surface area contributed by atoms with Crippen molar-refractivity contribution >= 4 is 19.2 Å². The summed E-state index contributed by atoms with van der Waals surface area (Å²) >= 11 is 0. The molecular formula is C18H29NOSi. The van der Waals surface area contributed by atoms with E-state index >= 15 is 0 Å². The van der Waals surface area contributed by atoms with Crippen LogP contribution in [-0.4, -0.2) is 19.5 Å². The quantitative estimate of drug-likeness (QED) is 0.721. The van der Waals surface area contributed by atoms with Gasteiger partial charge in [0.1, 0.15) is 0 Å². The molecule has 2 nitrogen and oxygen atoms in total. The minimum absolute atomic E-state index is 0.279. The fourth-order valence-corrected chi connectivity index (χ4v) is 3.59. The van der Waals surface area contributed by atoms with Crippen LogP contribution in [0.25, 0.3) is 10.9 Å². The topological polar surface area (TPSA) is 14.2 Å². The van der Waals surface area contributed by atoms with Crippen LogP contribution in [0, 0.1) is 6.92 Å². The zero-order valence-corrected chi connectivity index (χ0v) is 15.6. The Morgan fingerprint density at radius 2 is 1.76 bits per heavy atom. The fraction of sp³-hybridized carbons (Fsp3) is 0.556. The van der Waals surface area contributed by atoms with E-state index in [1.165, 1.54) is 22.2 Å². The molecule has 0 aliphatic heterocycles. The molecule has 2 aromatic rings. The minimum atomic E-state index is -1.64. The highest BCUT2D eigenvalue weighted by Gasteiger charge is 2.36. The number of para-hydroxylation sites is 1. The summed E-state index contributed by atoms with van der Waals surface area (Å²) < 4.78 is 8.63. The number of fused-ring (bicyclic) bond motifs is 1. The van der Waals surface area contributed by atoms with E-state index in [1.807, 2.05) is 0 Å². The molecule has 1 heterocycles. The molecule has 0 saturated carbocycles. The molecule has 0 bridgehead atoms. The fourth-order valence-electron chi connectivity index (χ4n) is 2.54. The molecule has 0 amide bonds. The summed E-state index contributed by atoms with van der Waals surface area (Å²) in [4.78, 5) is 0. The van der Waals surface area contributed by atoms with Crippen molar-refractivity contribution in [2.24, 2.45) is 7.05 Å². The summed E-state index contributed by atoms with van der Waals surface area (Å²) in [6, 6.07) is 8.65. The third kappa shape index (κ3) is 3.09. The van der Waals surface area contributed by atoms with Gasteiger partial charge in [-0.3, -0.25) is 0 Å². The summed E-state index contributed by atoms with van der Waals surface area (Å²) in [6.07, 6.45) is 1.000. The van der Waals surface area contributed by atoms with E-state index < -0.39 is 8.32 Å². The second-order valence-electron chi connectivity index (χ2n) is 7.50. The third-order valence-corrected chi connectivity index (χ3v) is 9.69. The van der Waals surface area contributed by atoms with Gasteiger partial charge in [0.25, 0.3) is 0 Å².